The molecule has 0 fully saturated rings. The lowest BCUT2D eigenvalue weighted by Gasteiger charge is -2.12. The first-order chi connectivity index (χ1) is 8.95. The number of hydrogen-bond donors (Lipinski definition) is 2. The van der Waals surface area contributed by atoms with E-state index in [1.165, 1.54) is 0 Å². The van der Waals surface area contributed by atoms with Gasteiger partial charge in [-0.15, -0.1) is 0 Å². The third kappa shape index (κ3) is 3.36. The number of hydrogen-bond acceptors (Lipinski definition) is 6. The van der Waals surface area contributed by atoms with E-state index in [4.69, 9.17) is 28.9 Å². The summed E-state index contributed by atoms with van der Waals surface area (Å²) in [6, 6.07) is 5.08. The molecule has 1 aromatic carbocycles. The van der Waals surface area contributed by atoms with E-state index in [1.54, 1.807) is 23.1 Å². The summed E-state index contributed by atoms with van der Waals surface area (Å²) < 4.78 is 0. The summed E-state index contributed by atoms with van der Waals surface area (Å²) in [6.07, 6.45) is 0. The number of nitrogens with two attached hydrogens (primary N) is 1. The van der Waals surface area contributed by atoms with Crippen molar-refractivity contribution in [3.63, 3.8) is 0 Å². The number of nitrogens with one attached hydrogen (secondary N) is 1. The Kier molecular flexibility index (Phi) is 3.92. The smallest absolute Gasteiger partial charge is 0.233 e. The average Bonchev–Trinajstić information content (AvgIpc) is 2.32. The zero-order valence-electron chi connectivity index (χ0n) is 10.4. The summed E-state index contributed by atoms with van der Waals surface area (Å²) in [7, 11) is 3.63. The standard InChI is InChI=1S/C11H12Cl2N6/c1-19(2)11-17-9(14)16-10(18-11)15-8-4-3-6(12)5-7(8)13/h3-5H,1-2H3,(H3,14,15,16,17,18). The molecule has 1 heterocycles. The molecule has 6 nitrogen and oxygen atoms in total. The first-order valence-electron chi connectivity index (χ1n) is 5.36. The van der Waals surface area contributed by atoms with Gasteiger partial charge in [-0.25, -0.2) is 0 Å². The van der Waals surface area contributed by atoms with Gasteiger partial charge in [-0.05, 0) is 18.2 Å². The largest absolute Gasteiger partial charge is 0.368 e. The number of aromatic nitrogens is 3. The fourth-order valence-electron chi connectivity index (χ4n) is 1.35. The summed E-state index contributed by atoms with van der Waals surface area (Å²) in [5.74, 6) is 0.909. The Morgan fingerprint density at radius 2 is 1.89 bits per heavy atom. The second-order valence-corrected chi connectivity index (χ2v) is 4.80. The molecule has 0 aliphatic rings. The van der Waals surface area contributed by atoms with E-state index in [1.807, 2.05) is 14.1 Å². The zero-order chi connectivity index (χ0) is 14.0. The zero-order valence-corrected chi connectivity index (χ0v) is 11.9. The van der Waals surface area contributed by atoms with E-state index in [2.05, 4.69) is 20.3 Å². The Morgan fingerprint density at radius 1 is 1.16 bits per heavy atom. The van der Waals surface area contributed by atoms with E-state index >= 15 is 0 Å². The molecule has 2 rings (SSSR count). The van der Waals surface area contributed by atoms with Crippen LogP contribution in [0.25, 0.3) is 0 Å². The lowest BCUT2D eigenvalue weighted by atomic mass is 10.3. The van der Waals surface area contributed by atoms with Crippen molar-refractivity contribution in [2.45, 2.75) is 0 Å². The van der Waals surface area contributed by atoms with Gasteiger partial charge in [-0.1, -0.05) is 23.2 Å². The molecular formula is C11H12Cl2N6. The molecule has 0 spiro atoms. The molecular weight excluding hydrogens is 287 g/mol. The van der Waals surface area contributed by atoms with Crippen LogP contribution < -0.4 is 16.0 Å². The minimum absolute atomic E-state index is 0.131. The summed E-state index contributed by atoms with van der Waals surface area (Å²) in [5, 5.41) is 4.00. The normalized spacial score (nSPS) is 10.3. The van der Waals surface area contributed by atoms with E-state index in [0.29, 0.717) is 27.6 Å². The van der Waals surface area contributed by atoms with Crippen molar-refractivity contribution < 1.29 is 0 Å². The Bertz CT molecular complexity index is 602. The second kappa shape index (κ2) is 5.46. The van der Waals surface area contributed by atoms with Gasteiger partial charge in [-0.2, -0.15) is 15.0 Å². The van der Waals surface area contributed by atoms with Crippen LogP contribution >= 0.6 is 23.2 Å². The monoisotopic (exact) mass is 298 g/mol. The average molecular weight is 299 g/mol. The van der Waals surface area contributed by atoms with Crippen molar-refractivity contribution in [3.05, 3.63) is 28.2 Å². The van der Waals surface area contributed by atoms with Crippen molar-refractivity contribution in [3.8, 4) is 0 Å². The van der Waals surface area contributed by atoms with Gasteiger partial charge >= 0.3 is 0 Å². The topological polar surface area (TPSA) is 80.0 Å². The van der Waals surface area contributed by atoms with Gasteiger partial charge in [0.15, 0.2) is 0 Å². The van der Waals surface area contributed by atoms with Gasteiger partial charge in [-0.3, -0.25) is 0 Å². The van der Waals surface area contributed by atoms with Crippen LogP contribution in [0.15, 0.2) is 18.2 Å². The van der Waals surface area contributed by atoms with Gasteiger partial charge in [0.1, 0.15) is 0 Å². The Morgan fingerprint density at radius 3 is 2.53 bits per heavy atom. The summed E-state index contributed by atoms with van der Waals surface area (Å²) in [6.45, 7) is 0. The highest BCUT2D eigenvalue weighted by Crippen LogP contribution is 2.27. The number of halogens is 2. The molecule has 0 aliphatic heterocycles. The molecule has 2 aromatic rings. The maximum Gasteiger partial charge on any atom is 0.233 e. The van der Waals surface area contributed by atoms with Crippen molar-refractivity contribution >= 4 is 46.7 Å². The van der Waals surface area contributed by atoms with Crippen LogP contribution in [0.1, 0.15) is 0 Å². The Labute approximate surface area is 120 Å². The second-order valence-electron chi connectivity index (χ2n) is 3.96. The Balaban J connectivity index is 2.32. The SMILES string of the molecule is CN(C)c1nc(N)nc(Nc2ccc(Cl)cc2Cl)n1. The van der Waals surface area contributed by atoms with Crippen LogP contribution in [0.5, 0.6) is 0 Å². The van der Waals surface area contributed by atoms with Crippen molar-refractivity contribution in [1.29, 1.82) is 0 Å². The summed E-state index contributed by atoms with van der Waals surface area (Å²) in [5.41, 5.74) is 6.27. The minimum atomic E-state index is 0.131. The van der Waals surface area contributed by atoms with Gasteiger partial charge in [0.25, 0.3) is 0 Å². The Hall–Kier alpha value is -1.79. The minimum Gasteiger partial charge on any atom is -0.368 e. The van der Waals surface area contributed by atoms with E-state index in [9.17, 15) is 0 Å². The maximum atomic E-state index is 6.06. The van der Waals surface area contributed by atoms with Crippen LogP contribution in [0, 0.1) is 0 Å². The van der Waals surface area contributed by atoms with Gasteiger partial charge < -0.3 is 16.0 Å². The fourth-order valence-corrected chi connectivity index (χ4v) is 1.80. The first-order valence-corrected chi connectivity index (χ1v) is 6.12. The molecule has 0 aliphatic carbocycles. The van der Waals surface area contributed by atoms with E-state index < -0.39 is 0 Å². The van der Waals surface area contributed by atoms with E-state index in [0.717, 1.165) is 0 Å². The third-order valence-electron chi connectivity index (χ3n) is 2.22. The molecule has 1 aromatic heterocycles. The predicted octanol–water partition coefficient (Wildman–Crippen LogP) is 2.57. The highest BCUT2D eigenvalue weighted by Gasteiger charge is 2.08. The number of benzene rings is 1. The maximum absolute atomic E-state index is 6.06. The number of nitrogens with zero attached hydrogens (tertiary/aromatic N) is 4. The van der Waals surface area contributed by atoms with Gasteiger partial charge in [0, 0.05) is 19.1 Å². The highest BCUT2D eigenvalue weighted by atomic mass is 35.5. The van der Waals surface area contributed by atoms with Crippen molar-refractivity contribution in [1.82, 2.24) is 15.0 Å². The number of rotatable bonds is 3. The summed E-state index contributed by atoms with van der Waals surface area (Å²) in [4.78, 5) is 13.9. The van der Waals surface area contributed by atoms with Crippen LogP contribution in [0.4, 0.5) is 23.5 Å². The molecule has 0 amide bonds. The molecule has 100 valence electrons. The summed E-state index contributed by atoms with van der Waals surface area (Å²) >= 11 is 11.9. The molecule has 0 bridgehead atoms. The molecule has 19 heavy (non-hydrogen) atoms. The van der Waals surface area contributed by atoms with Crippen LogP contribution in [0.3, 0.4) is 0 Å². The third-order valence-corrected chi connectivity index (χ3v) is 2.77. The predicted molar refractivity (Wildman–Crippen MR) is 78.3 cm³/mol. The van der Waals surface area contributed by atoms with E-state index in [-0.39, 0.29) is 5.95 Å². The number of nitrogen functional groups attached to an aromatic ring is 1. The number of anilines is 4. The van der Waals surface area contributed by atoms with Crippen LogP contribution in [0.2, 0.25) is 10.0 Å². The fraction of sp³-hybridized carbons (Fsp3) is 0.182. The van der Waals surface area contributed by atoms with Crippen LogP contribution in [-0.4, -0.2) is 29.0 Å². The lowest BCUT2D eigenvalue weighted by Crippen LogP contribution is -2.15. The van der Waals surface area contributed by atoms with Crippen molar-refractivity contribution in [2.75, 3.05) is 30.0 Å². The highest BCUT2D eigenvalue weighted by molar-refractivity contribution is 6.36. The molecule has 8 heteroatoms. The van der Waals surface area contributed by atoms with Crippen LogP contribution in [-0.2, 0) is 0 Å². The first kappa shape index (κ1) is 13.6. The molecule has 0 atom stereocenters. The molecule has 0 saturated carbocycles. The van der Waals surface area contributed by atoms with Gasteiger partial charge in [0.05, 0.1) is 10.7 Å². The lowest BCUT2D eigenvalue weighted by molar-refractivity contribution is 0.969. The van der Waals surface area contributed by atoms with Gasteiger partial charge in [0.2, 0.25) is 17.8 Å². The van der Waals surface area contributed by atoms with Crippen molar-refractivity contribution in [2.24, 2.45) is 0 Å². The molecule has 0 saturated heterocycles. The quantitative estimate of drug-likeness (QED) is 0.906. The molecule has 0 unspecified atom stereocenters. The molecule has 0 radical (unpaired) electrons. The molecule has 3 N–H and O–H groups in total.